The number of amides is 1. The van der Waals surface area contributed by atoms with Crippen LogP contribution in [0.5, 0.6) is 0 Å². The molecule has 1 amide bonds. The Balaban J connectivity index is 1.76. The number of nitrogens with zero attached hydrogens (tertiary/aromatic N) is 1. The number of aryl methyl sites for hydroxylation is 1. The summed E-state index contributed by atoms with van der Waals surface area (Å²) in [6.07, 6.45) is 0. The second-order valence-corrected chi connectivity index (χ2v) is 7.65. The van der Waals surface area contributed by atoms with Gasteiger partial charge in [0.05, 0.1) is 6.54 Å². The predicted octanol–water partition coefficient (Wildman–Crippen LogP) is 5.07. The number of nitrogens with one attached hydrogen (secondary N) is 1. The third-order valence-corrected chi connectivity index (χ3v) is 4.51. The van der Waals surface area contributed by atoms with Crippen molar-refractivity contribution in [3.63, 3.8) is 0 Å². The van der Waals surface area contributed by atoms with Gasteiger partial charge in [0, 0.05) is 19.1 Å². The van der Waals surface area contributed by atoms with Crippen LogP contribution in [-0.2, 0) is 19.6 Å². The molecule has 152 valence electrons. The van der Waals surface area contributed by atoms with E-state index in [9.17, 15) is 9.18 Å². The van der Waals surface area contributed by atoms with Crippen LogP contribution in [0.1, 0.15) is 46.9 Å². The summed E-state index contributed by atoms with van der Waals surface area (Å²) in [7, 11) is 0. The van der Waals surface area contributed by atoms with E-state index in [-0.39, 0.29) is 17.8 Å². The van der Waals surface area contributed by atoms with Gasteiger partial charge in [-0.3, -0.25) is 9.69 Å². The highest BCUT2D eigenvalue weighted by molar-refractivity contribution is 5.91. The molecule has 1 heterocycles. The fourth-order valence-electron chi connectivity index (χ4n) is 3.15. The summed E-state index contributed by atoms with van der Waals surface area (Å²) in [5, 5.41) is 2.83. The highest BCUT2D eigenvalue weighted by atomic mass is 19.1. The summed E-state index contributed by atoms with van der Waals surface area (Å²) in [6.45, 7) is 7.64. The topological polar surface area (TPSA) is 45.5 Å². The first-order valence-electron chi connectivity index (χ1n) is 9.81. The number of furan rings is 1. The van der Waals surface area contributed by atoms with Gasteiger partial charge in [-0.15, -0.1) is 0 Å². The molecule has 0 bridgehead atoms. The van der Waals surface area contributed by atoms with Gasteiger partial charge in [-0.2, -0.15) is 0 Å². The Kier molecular flexibility index (Phi) is 6.83. The second-order valence-electron chi connectivity index (χ2n) is 7.65. The molecule has 29 heavy (non-hydrogen) atoms. The van der Waals surface area contributed by atoms with Crippen molar-refractivity contribution in [2.45, 2.75) is 46.4 Å². The van der Waals surface area contributed by atoms with Gasteiger partial charge in [0.15, 0.2) is 5.76 Å². The van der Waals surface area contributed by atoms with Gasteiger partial charge in [-0.25, -0.2) is 4.39 Å². The smallest absolute Gasteiger partial charge is 0.287 e. The summed E-state index contributed by atoms with van der Waals surface area (Å²) >= 11 is 0. The molecule has 3 aromatic rings. The minimum Gasteiger partial charge on any atom is -0.455 e. The monoisotopic (exact) mass is 394 g/mol. The number of rotatable bonds is 8. The van der Waals surface area contributed by atoms with Crippen LogP contribution in [0, 0.1) is 12.7 Å². The van der Waals surface area contributed by atoms with Gasteiger partial charge in [-0.05, 0) is 56.2 Å². The van der Waals surface area contributed by atoms with Crippen molar-refractivity contribution in [2.75, 3.05) is 0 Å². The molecule has 0 saturated carbocycles. The van der Waals surface area contributed by atoms with Crippen LogP contribution < -0.4 is 5.32 Å². The number of hydrogen-bond acceptors (Lipinski definition) is 3. The van der Waals surface area contributed by atoms with E-state index in [0.717, 1.165) is 11.1 Å². The Morgan fingerprint density at radius 1 is 1.00 bits per heavy atom. The molecule has 1 aromatic heterocycles. The number of benzene rings is 2. The summed E-state index contributed by atoms with van der Waals surface area (Å²) in [6, 6.07) is 18.5. The molecule has 0 fully saturated rings. The fourth-order valence-corrected chi connectivity index (χ4v) is 3.15. The maximum atomic E-state index is 13.6. The molecule has 1 N–H and O–H groups in total. The molecular weight excluding hydrogens is 367 g/mol. The van der Waals surface area contributed by atoms with Crippen LogP contribution in [0.15, 0.2) is 65.1 Å². The number of carbonyl (C=O) groups excluding carboxylic acids is 1. The Labute approximate surface area is 171 Å². The molecule has 0 spiro atoms. The van der Waals surface area contributed by atoms with Crippen LogP contribution in [0.4, 0.5) is 4.39 Å². The highest BCUT2D eigenvalue weighted by Crippen LogP contribution is 2.17. The lowest BCUT2D eigenvalue weighted by atomic mass is 10.1. The molecule has 4 nitrogen and oxygen atoms in total. The molecule has 0 aliphatic carbocycles. The van der Waals surface area contributed by atoms with E-state index < -0.39 is 0 Å². The summed E-state index contributed by atoms with van der Waals surface area (Å²) in [5.41, 5.74) is 3.26. The van der Waals surface area contributed by atoms with Gasteiger partial charge in [0.25, 0.3) is 5.91 Å². The molecule has 0 unspecified atom stereocenters. The van der Waals surface area contributed by atoms with E-state index in [1.165, 1.54) is 11.6 Å². The van der Waals surface area contributed by atoms with Crippen molar-refractivity contribution in [1.29, 1.82) is 0 Å². The summed E-state index contributed by atoms with van der Waals surface area (Å²) in [4.78, 5) is 14.3. The van der Waals surface area contributed by atoms with E-state index in [4.69, 9.17) is 4.42 Å². The number of carbonyl (C=O) groups is 1. The first-order chi connectivity index (χ1) is 13.9. The molecular formula is C24H27FN2O2. The normalized spacial score (nSPS) is 11.2. The Hall–Kier alpha value is -2.92. The molecule has 0 aliphatic heterocycles. The first kappa shape index (κ1) is 20.8. The molecule has 0 atom stereocenters. The maximum absolute atomic E-state index is 13.6. The summed E-state index contributed by atoms with van der Waals surface area (Å²) in [5.74, 6) is 0.530. The number of halogens is 1. The highest BCUT2D eigenvalue weighted by Gasteiger charge is 2.15. The van der Waals surface area contributed by atoms with Gasteiger partial charge in [0.1, 0.15) is 11.6 Å². The Morgan fingerprint density at radius 3 is 2.41 bits per heavy atom. The largest absolute Gasteiger partial charge is 0.455 e. The standard InChI is InChI=1S/C24H27FN2O2/c1-17(2)26-24(28)23-12-11-22(29-23)16-27(14-19-9-7-18(3)8-10-19)15-20-5-4-6-21(25)13-20/h4-13,17H,14-16H2,1-3H3,(H,26,28). The van der Waals surface area contributed by atoms with Gasteiger partial charge < -0.3 is 9.73 Å². The maximum Gasteiger partial charge on any atom is 0.287 e. The zero-order chi connectivity index (χ0) is 20.8. The second kappa shape index (κ2) is 9.52. The Morgan fingerprint density at radius 2 is 1.72 bits per heavy atom. The molecule has 5 heteroatoms. The molecule has 0 radical (unpaired) electrons. The predicted molar refractivity (Wildman–Crippen MR) is 112 cm³/mol. The van der Waals surface area contributed by atoms with E-state index in [1.807, 2.05) is 26.0 Å². The molecule has 0 aliphatic rings. The zero-order valence-corrected chi connectivity index (χ0v) is 17.1. The van der Waals surface area contributed by atoms with Crippen molar-refractivity contribution >= 4 is 5.91 Å². The lowest BCUT2D eigenvalue weighted by molar-refractivity contribution is 0.0910. The van der Waals surface area contributed by atoms with Crippen LogP contribution in [0.3, 0.4) is 0 Å². The third kappa shape index (κ3) is 6.29. The van der Waals surface area contributed by atoms with E-state index in [0.29, 0.717) is 31.2 Å². The SMILES string of the molecule is Cc1ccc(CN(Cc2cccc(F)c2)Cc2ccc(C(=O)NC(C)C)o2)cc1. The van der Waals surface area contributed by atoms with Crippen molar-refractivity contribution in [3.05, 3.63) is 94.7 Å². The van der Waals surface area contributed by atoms with Crippen molar-refractivity contribution < 1.29 is 13.6 Å². The lowest BCUT2D eigenvalue weighted by Crippen LogP contribution is -2.29. The van der Waals surface area contributed by atoms with Crippen LogP contribution in [-0.4, -0.2) is 16.8 Å². The number of hydrogen-bond donors (Lipinski definition) is 1. The van der Waals surface area contributed by atoms with Crippen LogP contribution >= 0.6 is 0 Å². The third-order valence-electron chi connectivity index (χ3n) is 4.51. The fraction of sp³-hybridized carbons (Fsp3) is 0.292. The average Bonchev–Trinajstić information content (AvgIpc) is 3.12. The average molecular weight is 394 g/mol. The minimum absolute atomic E-state index is 0.0436. The van der Waals surface area contributed by atoms with Crippen molar-refractivity contribution in [2.24, 2.45) is 0 Å². The van der Waals surface area contributed by atoms with Crippen molar-refractivity contribution in [3.8, 4) is 0 Å². The molecule has 3 rings (SSSR count). The lowest BCUT2D eigenvalue weighted by Gasteiger charge is -2.22. The van der Waals surface area contributed by atoms with Gasteiger partial charge in [-0.1, -0.05) is 42.0 Å². The van der Waals surface area contributed by atoms with E-state index in [1.54, 1.807) is 18.2 Å². The van der Waals surface area contributed by atoms with E-state index in [2.05, 4.69) is 41.4 Å². The molecule has 0 saturated heterocycles. The summed E-state index contributed by atoms with van der Waals surface area (Å²) < 4.78 is 19.4. The Bertz CT molecular complexity index is 948. The first-order valence-corrected chi connectivity index (χ1v) is 9.81. The minimum atomic E-state index is -0.247. The van der Waals surface area contributed by atoms with Gasteiger partial charge >= 0.3 is 0 Å². The quantitative estimate of drug-likeness (QED) is 0.580. The van der Waals surface area contributed by atoms with Crippen LogP contribution in [0.25, 0.3) is 0 Å². The van der Waals surface area contributed by atoms with E-state index >= 15 is 0 Å². The van der Waals surface area contributed by atoms with Gasteiger partial charge in [0.2, 0.25) is 0 Å². The van der Waals surface area contributed by atoms with Crippen molar-refractivity contribution in [1.82, 2.24) is 10.2 Å². The van der Waals surface area contributed by atoms with Crippen LogP contribution in [0.2, 0.25) is 0 Å². The molecule has 2 aromatic carbocycles. The zero-order valence-electron chi connectivity index (χ0n) is 17.1.